The molecule has 1 unspecified atom stereocenters. The number of aromatic nitrogens is 2. The minimum atomic E-state index is -0.487. The number of carbonyl (C=O) groups excluding carboxylic acids is 3. The van der Waals surface area contributed by atoms with Gasteiger partial charge in [0, 0.05) is 33.9 Å². The van der Waals surface area contributed by atoms with Gasteiger partial charge in [-0.05, 0) is 38.0 Å². The highest BCUT2D eigenvalue weighted by Gasteiger charge is 2.30. The van der Waals surface area contributed by atoms with Crippen molar-refractivity contribution >= 4 is 34.9 Å². The number of carbonyl (C=O) groups is 3. The molecule has 1 aromatic heterocycles. The summed E-state index contributed by atoms with van der Waals surface area (Å²) in [5.41, 5.74) is 1.89. The van der Waals surface area contributed by atoms with Gasteiger partial charge in [0.2, 0.25) is 11.8 Å². The van der Waals surface area contributed by atoms with Crippen molar-refractivity contribution < 1.29 is 18.8 Å². The average Bonchev–Trinajstić information content (AvgIpc) is 3.31. The number of anilines is 1. The van der Waals surface area contributed by atoms with Gasteiger partial charge in [-0.1, -0.05) is 55.3 Å². The Morgan fingerprint density at radius 1 is 0.970 bits per heavy atom. The fourth-order valence-electron chi connectivity index (χ4n) is 4.41. The number of hydrogen-bond donors (Lipinski definition) is 1. The lowest BCUT2D eigenvalue weighted by molar-refractivity contribution is -0.115. The molecule has 2 aliphatic carbocycles. The third kappa shape index (κ3) is 4.23. The van der Waals surface area contributed by atoms with Crippen molar-refractivity contribution in [2.45, 2.75) is 55.4 Å². The molecule has 1 atom stereocenters. The van der Waals surface area contributed by atoms with Gasteiger partial charge in [-0.15, -0.1) is 10.2 Å². The van der Waals surface area contributed by atoms with Crippen LogP contribution in [0, 0.1) is 0 Å². The van der Waals surface area contributed by atoms with E-state index in [9.17, 15) is 14.4 Å². The molecule has 0 aliphatic heterocycles. The Morgan fingerprint density at radius 3 is 2.36 bits per heavy atom. The number of amides is 1. The first-order valence-electron chi connectivity index (χ1n) is 11.1. The maximum atomic E-state index is 12.9. The molecule has 8 heteroatoms. The lowest BCUT2D eigenvalue weighted by Gasteiger charge is -2.18. The molecule has 0 spiro atoms. The first-order chi connectivity index (χ1) is 16.0. The van der Waals surface area contributed by atoms with Crippen LogP contribution in [0.2, 0.25) is 0 Å². The standard InChI is InChI=1S/C25H23N3O4S/c1-14(33-25-28-27-24(32-25)15-7-3-2-4-8-15)23(31)26-16-11-12-19-20(13-16)22(30)18-10-6-5-9-17(18)21(19)29/h5-6,9-15H,2-4,7-8H2,1H3,(H,26,31). The summed E-state index contributed by atoms with van der Waals surface area (Å²) in [5.74, 6) is 0.299. The third-order valence-electron chi connectivity index (χ3n) is 6.22. The van der Waals surface area contributed by atoms with Crippen LogP contribution >= 0.6 is 11.8 Å². The van der Waals surface area contributed by atoms with Crippen LogP contribution in [0.25, 0.3) is 0 Å². The van der Waals surface area contributed by atoms with Crippen LogP contribution in [0.15, 0.2) is 52.1 Å². The minimum Gasteiger partial charge on any atom is -0.416 e. The summed E-state index contributed by atoms with van der Waals surface area (Å²) in [6, 6.07) is 11.6. The number of hydrogen-bond acceptors (Lipinski definition) is 7. The molecule has 2 aromatic carbocycles. The number of rotatable bonds is 5. The second-order valence-corrected chi connectivity index (χ2v) is 9.75. The predicted octanol–water partition coefficient (Wildman–Crippen LogP) is 5.01. The molecule has 7 nitrogen and oxygen atoms in total. The van der Waals surface area contributed by atoms with E-state index < -0.39 is 5.25 Å². The highest BCUT2D eigenvalue weighted by Crippen LogP contribution is 2.34. The summed E-state index contributed by atoms with van der Waals surface area (Å²) in [5, 5.41) is 11.0. The molecule has 0 radical (unpaired) electrons. The molecular weight excluding hydrogens is 438 g/mol. The Labute approximate surface area is 195 Å². The van der Waals surface area contributed by atoms with Gasteiger partial charge in [0.1, 0.15) is 0 Å². The first-order valence-corrected chi connectivity index (χ1v) is 12.0. The predicted molar refractivity (Wildman–Crippen MR) is 124 cm³/mol. The summed E-state index contributed by atoms with van der Waals surface area (Å²) in [6.07, 6.45) is 5.72. The Hall–Kier alpha value is -3.26. The van der Waals surface area contributed by atoms with Crippen molar-refractivity contribution in [1.82, 2.24) is 10.2 Å². The zero-order chi connectivity index (χ0) is 22.9. The quantitative estimate of drug-likeness (QED) is 0.417. The highest BCUT2D eigenvalue weighted by atomic mass is 32.2. The van der Waals surface area contributed by atoms with E-state index in [1.165, 1.54) is 31.0 Å². The Balaban J connectivity index is 1.27. The van der Waals surface area contributed by atoms with Crippen LogP contribution in [0.5, 0.6) is 0 Å². The Kier molecular flexibility index (Phi) is 5.85. The normalized spacial score (nSPS) is 16.8. The Bertz CT molecular complexity index is 1250. The summed E-state index contributed by atoms with van der Waals surface area (Å²) < 4.78 is 5.81. The van der Waals surface area contributed by atoms with Crippen LogP contribution < -0.4 is 5.32 Å². The molecule has 2 aliphatic rings. The molecule has 168 valence electrons. The lowest BCUT2D eigenvalue weighted by Crippen LogP contribution is -2.24. The van der Waals surface area contributed by atoms with Crippen molar-refractivity contribution in [2.75, 3.05) is 5.32 Å². The molecule has 1 fully saturated rings. The van der Waals surface area contributed by atoms with Gasteiger partial charge in [0.25, 0.3) is 5.22 Å². The maximum Gasteiger partial charge on any atom is 0.277 e. The largest absolute Gasteiger partial charge is 0.416 e. The SMILES string of the molecule is CC(Sc1nnc(C2CCCCC2)o1)C(=O)Nc1ccc2c(c1)C(=O)c1ccccc1C2=O. The maximum absolute atomic E-state index is 12.9. The van der Waals surface area contributed by atoms with Crippen molar-refractivity contribution in [3.8, 4) is 0 Å². The number of benzene rings is 2. The minimum absolute atomic E-state index is 0.188. The van der Waals surface area contributed by atoms with Gasteiger partial charge in [0.05, 0.1) is 5.25 Å². The monoisotopic (exact) mass is 461 g/mol. The van der Waals surface area contributed by atoms with E-state index in [0.29, 0.717) is 45.0 Å². The number of fused-ring (bicyclic) bond motifs is 2. The molecule has 33 heavy (non-hydrogen) atoms. The first kappa shape index (κ1) is 21.6. The van der Waals surface area contributed by atoms with Gasteiger partial charge in [-0.25, -0.2) is 0 Å². The fourth-order valence-corrected chi connectivity index (χ4v) is 5.10. The second-order valence-electron chi connectivity index (χ2n) is 8.45. The highest BCUT2D eigenvalue weighted by molar-refractivity contribution is 8.00. The number of nitrogens with one attached hydrogen (secondary N) is 1. The topological polar surface area (TPSA) is 102 Å². The van der Waals surface area contributed by atoms with E-state index in [0.717, 1.165) is 12.8 Å². The third-order valence-corrected chi connectivity index (χ3v) is 7.15. The van der Waals surface area contributed by atoms with E-state index in [4.69, 9.17) is 4.42 Å². The Morgan fingerprint density at radius 2 is 1.64 bits per heavy atom. The molecule has 3 aromatic rings. The fraction of sp³-hybridized carbons (Fsp3) is 0.320. The van der Waals surface area contributed by atoms with Crippen LogP contribution in [0.3, 0.4) is 0 Å². The summed E-state index contributed by atoms with van der Waals surface area (Å²) >= 11 is 1.20. The second kappa shape index (κ2) is 8.94. The molecule has 1 amide bonds. The number of thioether (sulfide) groups is 1. The molecule has 1 saturated carbocycles. The molecule has 5 rings (SSSR count). The molecule has 1 N–H and O–H groups in total. The smallest absolute Gasteiger partial charge is 0.277 e. The lowest BCUT2D eigenvalue weighted by atomic mass is 9.84. The van der Waals surface area contributed by atoms with Crippen molar-refractivity contribution in [3.63, 3.8) is 0 Å². The van der Waals surface area contributed by atoms with E-state index >= 15 is 0 Å². The van der Waals surface area contributed by atoms with E-state index in [2.05, 4.69) is 15.5 Å². The number of ketones is 2. The molecule has 0 bridgehead atoms. The van der Waals surface area contributed by atoms with E-state index in [1.807, 2.05) is 0 Å². The van der Waals surface area contributed by atoms with Crippen LogP contribution in [0.4, 0.5) is 5.69 Å². The van der Waals surface area contributed by atoms with Crippen molar-refractivity contribution in [2.24, 2.45) is 0 Å². The van der Waals surface area contributed by atoms with Crippen molar-refractivity contribution in [1.29, 1.82) is 0 Å². The van der Waals surface area contributed by atoms with Gasteiger partial charge in [0.15, 0.2) is 11.6 Å². The zero-order valence-electron chi connectivity index (χ0n) is 18.2. The van der Waals surface area contributed by atoms with E-state index in [1.54, 1.807) is 49.4 Å². The van der Waals surface area contributed by atoms with Gasteiger partial charge in [-0.2, -0.15) is 0 Å². The average molecular weight is 462 g/mol. The van der Waals surface area contributed by atoms with Crippen molar-refractivity contribution in [3.05, 3.63) is 70.6 Å². The summed E-state index contributed by atoms with van der Waals surface area (Å²) in [6.45, 7) is 1.76. The summed E-state index contributed by atoms with van der Waals surface area (Å²) in [4.78, 5) is 38.4. The van der Waals surface area contributed by atoms with Crippen LogP contribution in [-0.4, -0.2) is 32.9 Å². The number of nitrogens with zero attached hydrogens (tertiary/aromatic N) is 2. The molecule has 0 saturated heterocycles. The van der Waals surface area contributed by atoms with Crippen LogP contribution in [-0.2, 0) is 4.79 Å². The molecular formula is C25H23N3O4S. The van der Waals surface area contributed by atoms with Gasteiger partial charge < -0.3 is 9.73 Å². The van der Waals surface area contributed by atoms with E-state index in [-0.39, 0.29) is 17.5 Å². The summed E-state index contributed by atoms with van der Waals surface area (Å²) in [7, 11) is 0. The molecule has 1 heterocycles. The van der Waals surface area contributed by atoms with Gasteiger partial charge in [-0.3, -0.25) is 14.4 Å². The van der Waals surface area contributed by atoms with Gasteiger partial charge >= 0.3 is 0 Å². The zero-order valence-corrected chi connectivity index (χ0v) is 19.0. The van der Waals surface area contributed by atoms with Crippen LogP contribution in [0.1, 0.15) is 82.7 Å².